The molecule has 1 aliphatic rings. The molecule has 4 atom stereocenters. The number of aromatic amines is 1. The van der Waals surface area contributed by atoms with Gasteiger partial charge in [-0.15, -0.1) is 0 Å². The summed E-state index contributed by atoms with van der Waals surface area (Å²) in [6, 6.07) is 4.94. The number of carboxylic acids is 1. The number of esters is 1. The van der Waals surface area contributed by atoms with Crippen LogP contribution in [0.4, 0.5) is 11.6 Å². The summed E-state index contributed by atoms with van der Waals surface area (Å²) in [5.41, 5.74) is 6.51. The summed E-state index contributed by atoms with van der Waals surface area (Å²) in [4.78, 5) is 63.4. The first-order valence-corrected chi connectivity index (χ1v) is 13.0. The summed E-state index contributed by atoms with van der Waals surface area (Å²) in [6.07, 6.45) is 0.884. The number of ether oxygens (including phenoxy) is 2. The summed E-state index contributed by atoms with van der Waals surface area (Å²) >= 11 is 0. The van der Waals surface area contributed by atoms with E-state index >= 15 is 0 Å². The van der Waals surface area contributed by atoms with Crippen molar-refractivity contribution in [1.29, 1.82) is 0 Å². The van der Waals surface area contributed by atoms with Crippen LogP contribution in [-0.2, 0) is 25.6 Å². The van der Waals surface area contributed by atoms with Gasteiger partial charge >= 0.3 is 11.9 Å². The summed E-state index contributed by atoms with van der Waals surface area (Å²) in [5.74, 6) is -2.60. The van der Waals surface area contributed by atoms with Gasteiger partial charge in [0.2, 0.25) is 5.95 Å². The van der Waals surface area contributed by atoms with Gasteiger partial charge in [-0.25, -0.2) is 14.8 Å². The number of carboxylic acid groups (broad SMARTS) is 1. The third-order valence-electron chi connectivity index (χ3n) is 6.54. The van der Waals surface area contributed by atoms with E-state index in [1.165, 1.54) is 18.3 Å². The molecule has 7 N–H and O–H groups in total. The zero-order valence-corrected chi connectivity index (χ0v) is 22.2. The zero-order valence-electron chi connectivity index (χ0n) is 22.2. The molecule has 1 aromatic carbocycles. The molecule has 4 rings (SSSR count). The van der Waals surface area contributed by atoms with Crippen LogP contribution in [0.2, 0.25) is 0 Å². The fourth-order valence-corrected chi connectivity index (χ4v) is 4.33. The van der Waals surface area contributed by atoms with E-state index in [0.717, 1.165) is 0 Å². The molecule has 1 amide bonds. The number of nitrogen functional groups attached to an aromatic ring is 1. The van der Waals surface area contributed by atoms with E-state index in [0.29, 0.717) is 24.2 Å². The number of amides is 1. The lowest BCUT2D eigenvalue weighted by atomic mass is 10.1. The summed E-state index contributed by atoms with van der Waals surface area (Å²) in [6.45, 7) is 1.86. The molecule has 0 aliphatic carbocycles. The van der Waals surface area contributed by atoms with E-state index < -0.39 is 41.7 Å². The van der Waals surface area contributed by atoms with Crippen molar-refractivity contribution < 1.29 is 34.1 Å². The molecule has 15 heteroatoms. The van der Waals surface area contributed by atoms with Crippen LogP contribution in [0.5, 0.6) is 0 Å². The summed E-state index contributed by atoms with van der Waals surface area (Å²) < 4.78 is 11.0. The zero-order chi connectivity index (χ0) is 29.5. The van der Waals surface area contributed by atoms with E-state index in [4.69, 9.17) is 15.2 Å². The summed E-state index contributed by atoms with van der Waals surface area (Å²) in [7, 11) is 0. The number of aliphatic hydroxyl groups is 1. The number of H-pyrrole nitrogens is 1. The maximum absolute atomic E-state index is 12.7. The van der Waals surface area contributed by atoms with Crippen molar-refractivity contribution in [2.24, 2.45) is 0 Å². The Morgan fingerprint density at radius 2 is 2.00 bits per heavy atom. The van der Waals surface area contributed by atoms with Gasteiger partial charge in [-0.05, 0) is 37.1 Å². The fourth-order valence-electron chi connectivity index (χ4n) is 4.33. The van der Waals surface area contributed by atoms with E-state index in [-0.39, 0.29) is 54.8 Å². The van der Waals surface area contributed by atoms with Gasteiger partial charge in [-0.3, -0.25) is 19.4 Å². The van der Waals surface area contributed by atoms with Gasteiger partial charge in [0, 0.05) is 24.1 Å². The molecule has 3 aromatic rings. The number of fused-ring (bicyclic) bond motifs is 1. The van der Waals surface area contributed by atoms with E-state index in [1.54, 1.807) is 12.1 Å². The molecule has 0 spiro atoms. The predicted molar refractivity (Wildman–Crippen MR) is 145 cm³/mol. The number of nitrogens with one attached hydrogen (secondary N) is 3. The van der Waals surface area contributed by atoms with E-state index in [9.17, 15) is 29.4 Å². The van der Waals surface area contributed by atoms with Crippen molar-refractivity contribution in [3.63, 3.8) is 0 Å². The molecule has 41 heavy (non-hydrogen) atoms. The largest absolute Gasteiger partial charge is 0.480 e. The van der Waals surface area contributed by atoms with Crippen LogP contribution < -0.4 is 21.9 Å². The quantitative estimate of drug-likeness (QED) is 0.162. The molecular weight excluding hydrogens is 538 g/mol. The smallest absolute Gasteiger partial charge is 0.326 e. The average molecular weight is 570 g/mol. The topological polar surface area (TPSA) is 232 Å². The molecule has 3 heterocycles. The second-order valence-electron chi connectivity index (χ2n) is 9.47. The Kier molecular flexibility index (Phi) is 9.41. The normalized spacial score (nSPS) is 19.0. The van der Waals surface area contributed by atoms with Crippen LogP contribution in [0.25, 0.3) is 11.2 Å². The second kappa shape index (κ2) is 13.1. The maximum Gasteiger partial charge on any atom is 0.326 e. The van der Waals surface area contributed by atoms with E-state index in [2.05, 4.69) is 30.6 Å². The molecule has 0 bridgehead atoms. The highest BCUT2D eigenvalue weighted by Gasteiger charge is 2.36. The molecular formula is C26H31N7O8. The summed E-state index contributed by atoms with van der Waals surface area (Å²) in [5, 5.41) is 24.5. The lowest BCUT2D eigenvalue weighted by Crippen LogP contribution is -2.41. The van der Waals surface area contributed by atoms with Crippen LogP contribution >= 0.6 is 0 Å². The molecule has 0 radical (unpaired) electrons. The highest BCUT2D eigenvalue weighted by atomic mass is 16.6. The number of carbonyl (C=O) groups is 3. The van der Waals surface area contributed by atoms with Crippen LogP contribution in [0.1, 0.15) is 48.7 Å². The molecule has 1 saturated heterocycles. The van der Waals surface area contributed by atoms with Crippen molar-refractivity contribution >= 4 is 40.6 Å². The number of rotatable bonds is 12. The number of hydrogen-bond donors (Lipinski definition) is 6. The Balaban J connectivity index is 1.28. The van der Waals surface area contributed by atoms with Crippen molar-refractivity contribution in [2.75, 3.05) is 17.7 Å². The third kappa shape index (κ3) is 7.52. The first-order valence-electron chi connectivity index (χ1n) is 13.0. The van der Waals surface area contributed by atoms with Crippen molar-refractivity contribution in [1.82, 2.24) is 25.3 Å². The average Bonchev–Trinajstić information content (AvgIpc) is 3.35. The SMILES string of the molecule is CCC1CC(OC(=O)CCC(NC(=O)c2ccc(NCc3cnc4nc(N)[nH]c(=O)c4n3)cc2)C(=O)O)C(CO)O1. The standard InChI is InChI=1S/C26H31N7O8/c1-2-16-9-18(19(12-34)40-16)41-20(35)8-7-17(25(38)39)31-23(36)13-3-5-14(6-4-13)28-10-15-11-29-22-21(30-15)24(37)33-26(27)32-22/h3-6,11,16-19,28,34H,2,7-10,12H2,1H3,(H,31,36)(H,38,39)(H3,27,29,32,33,37). The van der Waals surface area contributed by atoms with Crippen LogP contribution in [0.15, 0.2) is 35.3 Å². The number of nitrogens with two attached hydrogens (primary N) is 1. The molecule has 1 fully saturated rings. The Hall–Kier alpha value is -4.63. The van der Waals surface area contributed by atoms with Gasteiger partial charge in [0.1, 0.15) is 18.2 Å². The predicted octanol–water partition coefficient (Wildman–Crippen LogP) is 0.342. The van der Waals surface area contributed by atoms with Gasteiger partial charge in [0.15, 0.2) is 11.2 Å². The van der Waals surface area contributed by atoms with Gasteiger partial charge in [0.05, 0.1) is 31.1 Å². The van der Waals surface area contributed by atoms with Gasteiger partial charge in [0.25, 0.3) is 11.5 Å². The monoisotopic (exact) mass is 569 g/mol. The van der Waals surface area contributed by atoms with Gasteiger partial charge in [-0.1, -0.05) is 6.92 Å². The van der Waals surface area contributed by atoms with Crippen molar-refractivity contribution in [2.45, 2.75) is 63.5 Å². The molecule has 4 unspecified atom stereocenters. The molecule has 1 aliphatic heterocycles. The number of nitrogens with zero attached hydrogens (tertiary/aromatic N) is 3. The fraction of sp³-hybridized carbons (Fsp3) is 0.423. The number of carbonyl (C=O) groups excluding carboxylic acids is 2. The Morgan fingerprint density at radius 1 is 1.24 bits per heavy atom. The third-order valence-corrected chi connectivity index (χ3v) is 6.54. The number of aromatic nitrogens is 4. The minimum atomic E-state index is -1.32. The van der Waals surface area contributed by atoms with Gasteiger partial charge in [-0.2, -0.15) is 4.98 Å². The minimum absolute atomic E-state index is 0.0544. The number of anilines is 2. The van der Waals surface area contributed by atoms with Crippen LogP contribution in [0.3, 0.4) is 0 Å². The Morgan fingerprint density at radius 3 is 2.68 bits per heavy atom. The van der Waals surface area contributed by atoms with Crippen LogP contribution in [-0.4, -0.2) is 79.0 Å². The number of hydrogen-bond acceptors (Lipinski definition) is 12. The van der Waals surface area contributed by atoms with E-state index in [1.807, 2.05) is 6.92 Å². The first kappa shape index (κ1) is 29.4. The second-order valence-corrected chi connectivity index (χ2v) is 9.47. The van der Waals surface area contributed by atoms with Crippen molar-refractivity contribution in [3.05, 3.63) is 52.1 Å². The highest BCUT2D eigenvalue weighted by molar-refractivity contribution is 5.97. The maximum atomic E-state index is 12.7. The molecule has 15 nitrogen and oxygen atoms in total. The van der Waals surface area contributed by atoms with Crippen LogP contribution in [0, 0.1) is 0 Å². The van der Waals surface area contributed by atoms with Crippen molar-refractivity contribution in [3.8, 4) is 0 Å². The van der Waals surface area contributed by atoms with Gasteiger partial charge < -0.3 is 36.1 Å². The Labute approximate surface area is 233 Å². The highest BCUT2D eigenvalue weighted by Crippen LogP contribution is 2.25. The molecule has 0 saturated carbocycles. The lowest BCUT2D eigenvalue weighted by Gasteiger charge is -2.18. The molecule has 218 valence electrons. The number of aliphatic carboxylic acids is 1. The Bertz CT molecular complexity index is 1460. The minimum Gasteiger partial charge on any atom is -0.480 e. The molecule has 2 aromatic heterocycles. The lowest BCUT2D eigenvalue weighted by molar-refractivity contribution is -0.153. The number of benzene rings is 1. The number of aliphatic hydroxyl groups excluding tert-OH is 1. The first-order chi connectivity index (χ1) is 19.7.